The SMILES string of the molecule is CC(C)(C[C@@H]1N2[C@@H](C(=O)OC2(C)C)[C@H](c2cccc(Cl)c2F)[C@@]1(N)c1ccc(Cl)cc1F)C1=CCN(Cc2ccccc2)CC1. The van der Waals surface area contributed by atoms with Crippen molar-refractivity contribution >= 4 is 29.2 Å². The maximum atomic E-state index is 16.0. The third-order valence-electron chi connectivity index (χ3n) is 10.1. The van der Waals surface area contributed by atoms with Gasteiger partial charge < -0.3 is 10.5 Å². The number of rotatable bonds is 7. The van der Waals surface area contributed by atoms with Gasteiger partial charge in [0.25, 0.3) is 0 Å². The van der Waals surface area contributed by atoms with Crippen molar-refractivity contribution in [1.29, 1.82) is 0 Å². The highest BCUT2D eigenvalue weighted by Crippen LogP contribution is 2.59. The Kier molecular flexibility index (Phi) is 8.41. The van der Waals surface area contributed by atoms with Crippen molar-refractivity contribution in [3.05, 3.63) is 117 Å². The Hall–Kier alpha value is -2.81. The van der Waals surface area contributed by atoms with Crippen LogP contribution in [0.4, 0.5) is 8.78 Å². The van der Waals surface area contributed by atoms with E-state index < -0.39 is 52.3 Å². The molecule has 2 N–H and O–H groups in total. The second-order valence-electron chi connectivity index (χ2n) is 13.7. The quantitative estimate of drug-likeness (QED) is 0.208. The number of hydrogen-bond donors (Lipinski definition) is 1. The molecule has 2 saturated heterocycles. The van der Waals surface area contributed by atoms with Crippen LogP contribution in [-0.2, 0) is 21.6 Å². The first-order valence-electron chi connectivity index (χ1n) is 15.4. The maximum Gasteiger partial charge on any atom is 0.325 e. The summed E-state index contributed by atoms with van der Waals surface area (Å²) in [4.78, 5) is 18.1. The Balaban J connectivity index is 1.44. The number of nitrogens with zero attached hydrogens (tertiary/aromatic N) is 2. The van der Waals surface area contributed by atoms with Crippen molar-refractivity contribution in [2.75, 3.05) is 13.1 Å². The topological polar surface area (TPSA) is 58.8 Å². The molecule has 45 heavy (non-hydrogen) atoms. The molecule has 3 aliphatic rings. The van der Waals surface area contributed by atoms with Gasteiger partial charge in [-0.3, -0.25) is 9.69 Å². The highest BCUT2D eigenvalue weighted by Gasteiger charge is 2.69. The van der Waals surface area contributed by atoms with Crippen LogP contribution < -0.4 is 5.73 Å². The average molecular weight is 655 g/mol. The molecule has 0 aliphatic carbocycles. The van der Waals surface area contributed by atoms with Gasteiger partial charge in [-0.05, 0) is 61.4 Å². The molecule has 2 fully saturated rings. The van der Waals surface area contributed by atoms with E-state index in [1.54, 1.807) is 24.3 Å². The van der Waals surface area contributed by atoms with Gasteiger partial charge in [-0.15, -0.1) is 0 Å². The molecule has 0 radical (unpaired) electrons. The zero-order valence-electron chi connectivity index (χ0n) is 26.0. The molecule has 0 aromatic heterocycles. The van der Waals surface area contributed by atoms with Crippen LogP contribution in [0.15, 0.2) is 78.4 Å². The summed E-state index contributed by atoms with van der Waals surface area (Å²) in [5.41, 5.74) is 7.35. The Bertz CT molecular complexity index is 1650. The molecule has 3 aliphatic heterocycles. The summed E-state index contributed by atoms with van der Waals surface area (Å²) < 4.78 is 37.9. The van der Waals surface area contributed by atoms with Gasteiger partial charge in [0.15, 0.2) is 5.72 Å². The summed E-state index contributed by atoms with van der Waals surface area (Å²) in [6.45, 7) is 10.5. The number of ether oxygens (including phenoxy) is 1. The highest BCUT2D eigenvalue weighted by atomic mass is 35.5. The fraction of sp³-hybridized carbons (Fsp3) is 0.417. The van der Waals surface area contributed by atoms with Gasteiger partial charge in [0, 0.05) is 42.2 Å². The molecule has 0 bridgehead atoms. The van der Waals surface area contributed by atoms with E-state index in [1.165, 1.54) is 23.3 Å². The van der Waals surface area contributed by atoms with Crippen molar-refractivity contribution in [2.45, 2.75) is 76.3 Å². The smallest absolute Gasteiger partial charge is 0.325 e. The Morgan fingerprint density at radius 1 is 1.04 bits per heavy atom. The van der Waals surface area contributed by atoms with E-state index in [-0.39, 0.29) is 21.2 Å². The van der Waals surface area contributed by atoms with Crippen LogP contribution >= 0.6 is 23.2 Å². The fourth-order valence-electron chi connectivity index (χ4n) is 7.94. The first-order valence-corrected chi connectivity index (χ1v) is 16.1. The molecule has 3 heterocycles. The second kappa shape index (κ2) is 11.8. The van der Waals surface area contributed by atoms with E-state index in [0.717, 1.165) is 26.1 Å². The van der Waals surface area contributed by atoms with Crippen molar-refractivity contribution in [1.82, 2.24) is 9.80 Å². The van der Waals surface area contributed by atoms with Crippen LogP contribution in [-0.4, -0.2) is 46.7 Å². The van der Waals surface area contributed by atoms with Crippen molar-refractivity contribution in [2.24, 2.45) is 11.1 Å². The first-order chi connectivity index (χ1) is 21.2. The highest BCUT2D eigenvalue weighted by molar-refractivity contribution is 6.31. The molecule has 5 nitrogen and oxygen atoms in total. The minimum absolute atomic E-state index is 0.0974. The molecule has 6 rings (SSSR count). The molecule has 238 valence electrons. The monoisotopic (exact) mass is 653 g/mol. The maximum absolute atomic E-state index is 16.0. The molecule has 3 aromatic rings. The van der Waals surface area contributed by atoms with Crippen LogP contribution in [0.2, 0.25) is 10.0 Å². The van der Waals surface area contributed by atoms with Gasteiger partial charge in [0.05, 0.1) is 10.6 Å². The van der Waals surface area contributed by atoms with Crippen LogP contribution in [0.3, 0.4) is 0 Å². The first kappa shape index (κ1) is 32.1. The Morgan fingerprint density at radius 2 is 1.78 bits per heavy atom. The van der Waals surface area contributed by atoms with Crippen molar-refractivity contribution < 1.29 is 18.3 Å². The van der Waals surface area contributed by atoms with Gasteiger partial charge in [0.1, 0.15) is 17.7 Å². The molecule has 0 spiro atoms. The van der Waals surface area contributed by atoms with Gasteiger partial charge >= 0.3 is 5.97 Å². The fourth-order valence-corrected chi connectivity index (χ4v) is 8.28. The summed E-state index contributed by atoms with van der Waals surface area (Å²) in [7, 11) is 0. The number of esters is 1. The minimum atomic E-state index is -1.55. The van der Waals surface area contributed by atoms with Crippen LogP contribution in [0.5, 0.6) is 0 Å². The third-order valence-corrected chi connectivity index (χ3v) is 10.6. The number of hydrogen-bond acceptors (Lipinski definition) is 5. The molecule has 9 heteroatoms. The standard InChI is InChI=1S/C36H39Cl2F2N3O2/c1-34(2,23-15-17-42(18-16-23)21-22-9-6-5-7-10-22)20-29-36(41,26-14-13-24(37)19-28(26)39)30(25-11-8-12-27(38)31(25)40)32-33(44)45-35(3,4)43(29)32/h5-15,19,29-30,32H,16-18,20-21,41H2,1-4H3/t29-,30-,32+,36+/m0/s1. The van der Waals surface area contributed by atoms with Crippen LogP contribution in [0.1, 0.15) is 63.1 Å². The minimum Gasteiger partial charge on any atom is -0.443 e. The third kappa shape index (κ3) is 5.61. The van der Waals surface area contributed by atoms with E-state index in [0.29, 0.717) is 6.42 Å². The van der Waals surface area contributed by atoms with E-state index in [9.17, 15) is 4.79 Å². The lowest BCUT2D eigenvalue weighted by atomic mass is 9.66. The predicted octanol–water partition coefficient (Wildman–Crippen LogP) is 7.80. The largest absolute Gasteiger partial charge is 0.443 e. The zero-order chi connectivity index (χ0) is 32.3. The van der Waals surface area contributed by atoms with E-state index in [1.807, 2.05) is 24.8 Å². The molecule has 0 unspecified atom stereocenters. The normalized spacial score (nSPS) is 26.9. The Labute approximate surface area is 273 Å². The summed E-state index contributed by atoms with van der Waals surface area (Å²) in [6.07, 6.45) is 3.60. The lowest BCUT2D eigenvalue weighted by molar-refractivity contribution is -0.152. The van der Waals surface area contributed by atoms with E-state index >= 15 is 8.78 Å². The second-order valence-corrected chi connectivity index (χ2v) is 14.5. The summed E-state index contributed by atoms with van der Waals surface area (Å²) in [5.74, 6) is -2.81. The molecule has 4 atom stereocenters. The van der Waals surface area contributed by atoms with E-state index in [2.05, 4.69) is 49.1 Å². The molecular formula is C36H39Cl2F2N3O2. The number of nitrogens with two attached hydrogens (primary N) is 1. The number of cyclic esters (lactones) is 1. The molecule has 0 amide bonds. The van der Waals surface area contributed by atoms with Gasteiger partial charge in [-0.2, -0.15) is 0 Å². The molecule has 3 aromatic carbocycles. The lowest BCUT2D eigenvalue weighted by Gasteiger charge is -2.46. The van der Waals surface area contributed by atoms with Crippen molar-refractivity contribution in [3.63, 3.8) is 0 Å². The number of halogens is 4. The summed E-state index contributed by atoms with van der Waals surface area (Å²) in [5, 5.41) is 0.118. The number of carbonyl (C=O) groups is 1. The number of carbonyl (C=O) groups excluding carboxylic acids is 1. The van der Waals surface area contributed by atoms with Gasteiger partial charge in [-0.1, -0.05) is 97.2 Å². The summed E-state index contributed by atoms with van der Waals surface area (Å²) >= 11 is 12.5. The average Bonchev–Trinajstić information content (AvgIpc) is 3.37. The van der Waals surface area contributed by atoms with E-state index in [4.69, 9.17) is 33.7 Å². The zero-order valence-corrected chi connectivity index (χ0v) is 27.5. The summed E-state index contributed by atoms with van der Waals surface area (Å²) in [6, 6.07) is 17.8. The number of benzene rings is 3. The van der Waals surface area contributed by atoms with Crippen LogP contribution in [0.25, 0.3) is 0 Å². The predicted molar refractivity (Wildman–Crippen MR) is 174 cm³/mol. The van der Waals surface area contributed by atoms with Crippen LogP contribution in [0, 0.1) is 17.0 Å². The van der Waals surface area contributed by atoms with Gasteiger partial charge in [0.2, 0.25) is 0 Å². The van der Waals surface area contributed by atoms with Crippen molar-refractivity contribution in [3.8, 4) is 0 Å². The van der Waals surface area contributed by atoms with Gasteiger partial charge in [-0.25, -0.2) is 13.7 Å². The number of fused-ring (bicyclic) bond motifs is 1. The Morgan fingerprint density at radius 3 is 2.44 bits per heavy atom. The molecular weight excluding hydrogens is 615 g/mol. The lowest BCUT2D eigenvalue weighted by Crippen LogP contribution is -2.57. The molecule has 0 saturated carbocycles.